The number of hydrogen-bond acceptors (Lipinski definition) is 6. The Kier molecular flexibility index (Phi) is 7.30. The predicted octanol–water partition coefficient (Wildman–Crippen LogP) is 5.21. The lowest BCUT2D eigenvalue weighted by Gasteiger charge is -2.21. The summed E-state index contributed by atoms with van der Waals surface area (Å²) in [5.74, 6) is -1.11. The molecule has 0 radical (unpaired) electrons. The lowest BCUT2D eigenvalue weighted by atomic mass is 9.98. The van der Waals surface area contributed by atoms with Crippen molar-refractivity contribution in [3.63, 3.8) is 0 Å². The Balaban J connectivity index is 1.09. The van der Waals surface area contributed by atoms with Crippen LogP contribution in [0.25, 0.3) is 33.1 Å². The number of rotatable bonds is 8. The number of carbonyl (C=O) groups is 3. The van der Waals surface area contributed by atoms with E-state index in [2.05, 4.69) is 38.1 Å². The highest BCUT2D eigenvalue weighted by atomic mass is 16.5. The molecule has 1 aliphatic rings. The fraction of sp³-hybridized carbons (Fsp3) is 0.171. The van der Waals surface area contributed by atoms with Gasteiger partial charge in [0.25, 0.3) is 5.91 Å². The molecule has 4 aromatic carbocycles. The van der Waals surface area contributed by atoms with Gasteiger partial charge in [0.05, 0.1) is 5.52 Å². The number of amides is 2. The Morgan fingerprint density at radius 3 is 2.31 bits per heavy atom. The molecule has 224 valence electrons. The van der Waals surface area contributed by atoms with Crippen molar-refractivity contribution in [2.24, 2.45) is 0 Å². The number of nitrogens with one attached hydrogen (secondary N) is 3. The molecule has 2 amide bonds. The molecule has 2 heterocycles. The van der Waals surface area contributed by atoms with Crippen LogP contribution < -0.4 is 10.6 Å². The smallest absolute Gasteiger partial charge is 0.407 e. The summed E-state index contributed by atoms with van der Waals surface area (Å²) in [4.78, 5) is 43.4. The number of fused-ring (bicyclic) bond motifs is 5. The van der Waals surface area contributed by atoms with Crippen LogP contribution in [-0.2, 0) is 16.0 Å². The molecule has 0 spiro atoms. The van der Waals surface area contributed by atoms with Crippen molar-refractivity contribution < 1.29 is 19.1 Å². The van der Waals surface area contributed by atoms with E-state index in [0.29, 0.717) is 11.0 Å². The third kappa shape index (κ3) is 5.31. The molecule has 1 aliphatic carbocycles. The number of aromatic nitrogens is 4. The average Bonchev–Trinajstić information content (AvgIpc) is 3.77. The monoisotopic (exact) mass is 598 g/mol. The number of ether oxygens (including phenoxy) is 1. The highest BCUT2D eigenvalue weighted by molar-refractivity contribution is 5.96. The van der Waals surface area contributed by atoms with Gasteiger partial charge in [0.15, 0.2) is 0 Å². The molecule has 2 atom stereocenters. The summed E-state index contributed by atoms with van der Waals surface area (Å²) < 4.78 is 6.93. The van der Waals surface area contributed by atoms with E-state index in [9.17, 15) is 14.4 Å². The molecule has 2 aromatic heterocycles. The second-order valence-corrected chi connectivity index (χ2v) is 11.1. The van der Waals surface area contributed by atoms with Crippen LogP contribution in [0.15, 0.2) is 103 Å². The number of H-pyrrole nitrogens is 1. The summed E-state index contributed by atoms with van der Waals surface area (Å²) in [6, 6.07) is 29.0. The van der Waals surface area contributed by atoms with E-state index in [1.165, 1.54) is 4.68 Å². The summed E-state index contributed by atoms with van der Waals surface area (Å²) in [6.07, 6.45) is 1.27. The molecule has 6 aromatic rings. The second kappa shape index (κ2) is 11.7. The molecule has 0 bridgehead atoms. The summed E-state index contributed by atoms with van der Waals surface area (Å²) in [7, 11) is 0. The van der Waals surface area contributed by atoms with Crippen LogP contribution in [0.2, 0.25) is 0 Å². The summed E-state index contributed by atoms with van der Waals surface area (Å²) in [5, 5.41) is 14.5. The van der Waals surface area contributed by atoms with Gasteiger partial charge in [0, 0.05) is 29.4 Å². The standard InChI is InChI=1S/C35H30N6O4/c1-21(34(43)41-32-17-9-8-16-30(32)39-40-41)37-33(42)31(18-22-19-36-29-15-7-6-10-23(22)29)38-35(44)45-20-28-26-13-4-2-11-24(26)25-12-3-5-14-27(25)28/h2-17,19,21,28,31,36H,18,20H2,1H3,(H,37,42)(H,38,44)/t21-,31-/m0/s1. The predicted molar refractivity (Wildman–Crippen MR) is 170 cm³/mol. The lowest BCUT2D eigenvalue weighted by molar-refractivity contribution is -0.123. The van der Waals surface area contributed by atoms with Gasteiger partial charge in [-0.1, -0.05) is 84.1 Å². The highest BCUT2D eigenvalue weighted by Gasteiger charge is 2.31. The molecule has 3 N–H and O–H groups in total. The van der Waals surface area contributed by atoms with E-state index >= 15 is 0 Å². The van der Waals surface area contributed by atoms with Crippen LogP contribution >= 0.6 is 0 Å². The minimum Gasteiger partial charge on any atom is -0.449 e. The summed E-state index contributed by atoms with van der Waals surface area (Å²) in [5.41, 5.74) is 7.28. The van der Waals surface area contributed by atoms with E-state index < -0.39 is 30.0 Å². The first-order chi connectivity index (χ1) is 22.0. The fourth-order valence-electron chi connectivity index (χ4n) is 6.10. The van der Waals surface area contributed by atoms with Crippen molar-refractivity contribution in [2.75, 3.05) is 6.61 Å². The van der Waals surface area contributed by atoms with Crippen LogP contribution in [0.1, 0.15) is 34.3 Å². The molecule has 0 aliphatic heterocycles. The topological polar surface area (TPSA) is 131 Å². The van der Waals surface area contributed by atoms with Crippen molar-refractivity contribution in [2.45, 2.75) is 31.3 Å². The minimum absolute atomic E-state index is 0.107. The third-order valence-electron chi connectivity index (χ3n) is 8.34. The normalized spacial score (nSPS) is 13.6. The number of alkyl carbamates (subject to hydrolysis) is 1. The first kappa shape index (κ1) is 28.0. The van der Waals surface area contributed by atoms with Crippen LogP contribution in [0.3, 0.4) is 0 Å². The van der Waals surface area contributed by atoms with Crippen molar-refractivity contribution in [3.05, 3.63) is 120 Å². The number of nitrogens with zero attached hydrogens (tertiary/aromatic N) is 3. The van der Waals surface area contributed by atoms with Gasteiger partial charge >= 0.3 is 6.09 Å². The van der Waals surface area contributed by atoms with Gasteiger partial charge in [0.1, 0.15) is 24.2 Å². The Hall–Kier alpha value is -5.77. The maximum Gasteiger partial charge on any atom is 0.407 e. The van der Waals surface area contributed by atoms with Crippen LogP contribution in [0.4, 0.5) is 4.79 Å². The molecule has 0 fully saturated rings. The van der Waals surface area contributed by atoms with Crippen molar-refractivity contribution in [1.29, 1.82) is 0 Å². The molecule has 10 heteroatoms. The maximum absolute atomic E-state index is 13.7. The van der Waals surface area contributed by atoms with Gasteiger partial charge in [-0.2, -0.15) is 4.68 Å². The van der Waals surface area contributed by atoms with E-state index in [4.69, 9.17) is 4.74 Å². The van der Waals surface area contributed by atoms with Gasteiger partial charge in [-0.25, -0.2) is 4.79 Å². The summed E-state index contributed by atoms with van der Waals surface area (Å²) >= 11 is 0. The lowest BCUT2D eigenvalue weighted by Crippen LogP contribution is -2.52. The van der Waals surface area contributed by atoms with Crippen LogP contribution in [-0.4, -0.2) is 56.6 Å². The molecule has 7 rings (SSSR count). The van der Waals surface area contributed by atoms with E-state index in [1.807, 2.05) is 66.9 Å². The van der Waals surface area contributed by atoms with Gasteiger partial charge in [-0.3, -0.25) is 9.59 Å². The van der Waals surface area contributed by atoms with Gasteiger partial charge < -0.3 is 20.4 Å². The Morgan fingerprint density at radius 2 is 1.53 bits per heavy atom. The quantitative estimate of drug-likeness (QED) is 0.221. The molecule has 0 saturated carbocycles. The van der Waals surface area contributed by atoms with Gasteiger partial charge in [-0.15, -0.1) is 5.10 Å². The number of carbonyl (C=O) groups excluding carboxylic acids is 3. The van der Waals surface area contributed by atoms with Crippen molar-refractivity contribution >= 4 is 39.8 Å². The van der Waals surface area contributed by atoms with Crippen molar-refractivity contribution in [3.8, 4) is 11.1 Å². The summed E-state index contributed by atoms with van der Waals surface area (Å²) in [6.45, 7) is 1.68. The SMILES string of the molecule is C[C@H](NC(=O)[C@H](Cc1c[nH]c2ccccc12)NC(=O)OCC1c2ccccc2-c2ccccc21)C(=O)n1nnc2ccccc21. The molecular formula is C35H30N6O4. The van der Waals surface area contributed by atoms with Crippen molar-refractivity contribution in [1.82, 2.24) is 30.6 Å². The Bertz CT molecular complexity index is 2020. The van der Waals surface area contributed by atoms with E-state index in [-0.39, 0.29) is 18.9 Å². The zero-order valence-electron chi connectivity index (χ0n) is 24.4. The molecule has 45 heavy (non-hydrogen) atoms. The zero-order valence-corrected chi connectivity index (χ0v) is 24.4. The fourth-order valence-corrected chi connectivity index (χ4v) is 6.10. The molecule has 0 unspecified atom stereocenters. The Morgan fingerprint density at radius 1 is 0.867 bits per heavy atom. The molecule has 0 saturated heterocycles. The van der Waals surface area contributed by atoms with E-state index in [0.717, 1.165) is 38.7 Å². The first-order valence-electron chi connectivity index (χ1n) is 14.8. The van der Waals surface area contributed by atoms with Crippen LogP contribution in [0, 0.1) is 0 Å². The average molecular weight is 599 g/mol. The zero-order chi connectivity index (χ0) is 30.9. The molecular weight excluding hydrogens is 568 g/mol. The number of benzene rings is 4. The van der Waals surface area contributed by atoms with Crippen LogP contribution in [0.5, 0.6) is 0 Å². The van der Waals surface area contributed by atoms with Gasteiger partial charge in [0.2, 0.25) is 5.91 Å². The molecule has 10 nitrogen and oxygen atoms in total. The number of hydrogen-bond donors (Lipinski definition) is 3. The highest BCUT2D eigenvalue weighted by Crippen LogP contribution is 2.44. The Labute approximate surface area is 258 Å². The van der Waals surface area contributed by atoms with Gasteiger partial charge in [-0.05, 0) is 52.9 Å². The maximum atomic E-state index is 13.7. The second-order valence-electron chi connectivity index (χ2n) is 11.1. The first-order valence-corrected chi connectivity index (χ1v) is 14.8. The minimum atomic E-state index is -1.03. The largest absolute Gasteiger partial charge is 0.449 e. The van der Waals surface area contributed by atoms with E-state index in [1.54, 1.807) is 31.2 Å². The number of aromatic amines is 1. The third-order valence-corrected chi connectivity index (χ3v) is 8.34. The number of para-hydroxylation sites is 2.